The summed E-state index contributed by atoms with van der Waals surface area (Å²) >= 11 is 0. The Morgan fingerprint density at radius 1 is 0.971 bits per heavy atom. The SMILES string of the molecule is COCCCN1CC(=O)N2C(c3cccc4ccccc34)c3[nH]c4ccccc4c3C[C@H]2C1=O. The summed E-state index contributed by atoms with van der Waals surface area (Å²) in [7, 11) is 1.65. The van der Waals surface area contributed by atoms with Crippen LogP contribution in [-0.2, 0) is 20.7 Å². The highest BCUT2D eigenvalue weighted by Crippen LogP contribution is 2.44. The van der Waals surface area contributed by atoms with Gasteiger partial charge in [0, 0.05) is 43.3 Å². The number of ether oxygens (including phenoxy) is 1. The van der Waals surface area contributed by atoms with Crippen LogP contribution in [0.3, 0.4) is 0 Å². The highest BCUT2D eigenvalue weighted by atomic mass is 16.5. The molecule has 1 saturated heterocycles. The van der Waals surface area contributed by atoms with Gasteiger partial charge in [-0.2, -0.15) is 0 Å². The molecule has 0 spiro atoms. The average Bonchev–Trinajstić information content (AvgIpc) is 3.24. The molecule has 0 radical (unpaired) electrons. The van der Waals surface area contributed by atoms with E-state index in [1.54, 1.807) is 12.0 Å². The molecule has 0 aliphatic carbocycles. The van der Waals surface area contributed by atoms with Crippen LogP contribution >= 0.6 is 0 Å². The van der Waals surface area contributed by atoms with E-state index >= 15 is 0 Å². The first-order valence-electron chi connectivity index (χ1n) is 11.8. The third-order valence-corrected chi connectivity index (χ3v) is 7.24. The zero-order valence-electron chi connectivity index (χ0n) is 19.2. The monoisotopic (exact) mass is 453 g/mol. The Kier molecular flexibility index (Phi) is 5.11. The molecule has 6 heteroatoms. The van der Waals surface area contributed by atoms with Crippen molar-refractivity contribution in [1.82, 2.24) is 14.8 Å². The summed E-state index contributed by atoms with van der Waals surface area (Å²) in [6.45, 7) is 1.20. The summed E-state index contributed by atoms with van der Waals surface area (Å²) < 4.78 is 5.16. The van der Waals surface area contributed by atoms with Gasteiger partial charge in [0.05, 0.1) is 12.6 Å². The summed E-state index contributed by atoms with van der Waals surface area (Å²) in [5.41, 5.74) is 4.23. The van der Waals surface area contributed by atoms with E-state index < -0.39 is 6.04 Å². The van der Waals surface area contributed by atoms with Gasteiger partial charge in [0.25, 0.3) is 0 Å². The number of carbonyl (C=O) groups excluding carboxylic acids is 2. The quantitative estimate of drug-likeness (QED) is 0.464. The van der Waals surface area contributed by atoms with E-state index in [4.69, 9.17) is 4.74 Å². The lowest BCUT2D eigenvalue weighted by Crippen LogP contribution is -2.63. The number of carbonyl (C=O) groups is 2. The predicted molar refractivity (Wildman–Crippen MR) is 132 cm³/mol. The van der Waals surface area contributed by atoms with Gasteiger partial charge in [-0.1, -0.05) is 60.7 Å². The molecule has 2 aliphatic heterocycles. The molecule has 3 heterocycles. The lowest BCUT2D eigenvalue weighted by atomic mass is 9.84. The van der Waals surface area contributed by atoms with E-state index in [2.05, 4.69) is 41.4 Å². The standard InChI is InChI=1S/C28H27N3O3/c1-34-15-7-14-30-17-25(32)31-24(28(30)33)16-22-20-11-4-5-13-23(20)29-26(22)27(31)21-12-6-9-18-8-2-3-10-19(18)21/h2-6,8-13,24,27,29H,7,14-17H2,1H3/t24-,27?/m0/s1. The van der Waals surface area contributed by atoms with Gasteiger partial charge in [-0.05, 0) is 34.4 Å². The molecule has 1 unspecified atom stereocenters. The van der Waals surface area contributed by atoms with Crippen LogP contribution in [0.4, 0.5) is 0 Å². The second-order valence-corrected chi connectivity index (χ2v) is 9.16. The van der Waals surface area contributed by atoms with Crippen molar-refractivity contribution in [2.24, 2.45) is 0 Å². The van der Waals surface area contributed by atoms with Crippen LogP contribution in [0.15, 0.2) is 66.7 Å². The smallest absolute Gasteiger partial charge is 0.246 e. The number of rotatable bonds is 5. The number of hydrogen-bond donors (Lipinski definition) is 1. The Hall–Kier alpha value is -3.64. The van der Waals surface area contributed by atoms with Gasteiger partial charge >= 0.3 is 0 Å². The molecular formula is C28H27N3O3. The Morgan fingerprint density at radius 2 is 1.74 bits per heavy atom. The molecule has 1 fully saturated rings. The minimum Gasteiger partial charge on any atom is -0.385 e. The number of nitrogens with zero attached hydrogens (tertiary/aromatic N) is 2. The van der Waals surface area contributed by atoms with Gasteiger partial charge in [0.15, 0.2) is 0 Å². The molecule has 6 rings (SSSR count). The van der Waals surface area contributed by atoms with Crippen molar-refractivity contribution >= 4 is 33.5 Å². The second kappa shape index (κ2) is 8.29. The minimum atomic E-state index is -0.514. The predicted octanol–water partition coefficient (Wildman–Crippen LogP) is 4.04. The lowest BCUT2D eigenvalue weighted by molar-refractivity contribution is -0.158. The Labute approximate surface area is 198 Å². The van der Waals surface area contributed by atoms with Crippen LogP contribution in [0.1, 0.15) is 29.3 Å². The number of aromatic nitrogens is 1. The fourth-order valence-corrected chi connectivity index (χ4v) is 5.73. The van der Waals surface area contributed by atoms with Gasteiger partial charge in [-0.15, -0.1) is 0 Å². The molecule has 1 N–H and O–H groups in total. The topological polar surface area (TPSA) is 65.6 Å². The number of nitrogens with one attached hydrogen (secondary N) is 1. The van der Waals surface area contributed by atoms with E-state index in [9.17, 15) is 9.59 Å². The van der Waals surface area contributed by atoms with Crippen LogP contribution in [-0.4, -0.2) is 59.4 Å². The number of fused-ring (bicyclic) bond motifs is 5. The number of H-pyrrole nitrogens is 1. The maximum Gasteiger partial charge on any atom is 0.246 e. The van der Waals surface area contributed by atoms with Crippen molar-refractivity contribution in [2.75, 3.05) is 26.8 Å². The van der Waals surface area contributed by atoms with Crippen LogP contribution < -0.4 is 0 Å². The number of aromatic amines is 1. The molecule has 4 aromatic rings. The maximum atomic E-state index is 13.7. The average molecular weight is 454 g/mol. The number of para-hydroxylation sites is 1. The Bertz CT molecular complexity index is 1400. The van der Waals surface area contributed by atoms with E-state index in [-0.39, 0.29) is 24.4 Å². The number of piperazine rings is 1. The van der Waals surface area contributed by atoms with Gasteiger partial charge in [0.2, 0.25) is 11.8 Å². The summed E-state index contributed by atoms with van der Waals surface area (Å²) in [4.78, 5) is 34.5. The zero-order valence-corrected chi connectivity index (χ0v) is 19.2. The number of amides is 2. The van der Waals surface area contributed by atoms with Crippen LogP contribution in [0.2, 0.25) is 0 Å². The first-order chi connectivity index (χ1) is 16.7. The highest BCUT2D eigenvalue weighted by Gasteiger charge is 2.48. The molecule has 0 saturated carbocycles. The summed E-state index contributed by atoms with van der Waals surface area (Å²) in [6.07, 6.45) is 1.24. The van der Waals surface area contributed by atoms with Crippen molar-refractivity contribution in [3.8, 4) is 0 Å². The third-order valence-electron chi connectivity index (χ3n) is 7.24. The number of methoxy groups -OCH3 is 1. The normalized spacial score (nSPS) is 20.1. The maximum absolute atomic E-state index is 13.7. The fourth-order valence-electron chi connectivity index (χ4n) is 5.73. The summed E-state index contributed by atoms with van der Waals surface area (Å²) in [6, 6.07) is 21.8. The molecule has 34 heavy (non-hydrogen) atoms. The Morgan fingerprint density at radius 3 is 2.59 bits per heavy atom. The van der Waals surface area contributed by atoms with Gasteiger partial charge in [-0.25, -0.2) is 0 Å². The highest BCUT2D eigenvalue weighted by molar-refractivity contribution is 5.98. The lowest BCUT2D eigenvalue weighted by Gasteiger charge is -2.47. The first-order valence-corrected chi connectivity index (χ1v) is 11.8. The van der Waals surface area contributed by atoms with E-state index in [1.807, 2.05) is 35.2 Å². The van der Waals surface area contributed by atoms with Crippen LogP contribution in [0, 0.1) is 0 Å². The van der Waals surface area contributed by atoms with Crippen molar-refractivity contribution < 1.29 is 14.3 Å². The van der Waals surface area contributed by atoms with Gasteiger partial charge < -0.3 is 19.5 Å². The second-order valence-electron chi connectivity index (χ2n) is 9.16. The zero-order chi connectivity index (χ0) is 23.2. The van der Waals surface area contributed by atoms with Crippen LogP contribution in [0.5, 0.6) is 0 Å². The summed E-state index contributed by atoms with van der Waals surface area (Å²) in [5.74, 6) is 0.0149. The molecule has 2 aliphatic rings. The molecule has 172 valence electrons. The van der Waals surface area contributed by atoms with E-state index in [1.165, 1.54) is 0 Å². The Balaban J connectivity index is 1.53. The first kappa shape index (κ1) is 20.9. The third kappa shape index (κ3) is 3.21. The fraction of sp³-hybridized carbons (Fsp3) is 0.286. The van der Waals surface area contributed by atoms with Crippen molar-refractivity contribution in [2.45, 2.75) is 24.9 Å². The van der Waals surface area contributed by atoms with Gasteiger partial charge in [0.1, 0.15) is 6.04 Å². The molecule has 2 amide bonds. The van der Waals surface area contributed by atoms with Gasteiger partial charge in [-0.3, -0.25) is 9.59 Å². The van der Waals surface area contributed by atoms with Crippen molar-refractivity contribution in [3.63, 3.8) is 0 Å². The van der Waals surface area contributed by atoms with Crippen molar-refractivity contribution in [1.29, 1.82) is 0 Å². The van der Waals surface area contributed by atoms with Crippen LogP contribution in [0.25, 0.3) is 21.7 Å². The molecular weight excluding hydrogens is 426 g/mol. The summed E-state index contributed by atoms with van der Waals surface area (Å²) in [5, 5.41) is 3.35. The number of benzene rings is 3. The van der Waals surface area contributed by atoms with E-state index in [0.717, 1.165) is 38.5 Å². The molecule has 2 atom stereocenters. The molecule has 1 aromatic heterocycles. The van der Waals surface area contributed by atoms with E-state index in [0.29, 0.717) is 26.0 Å². The molecule has 6 nitrogen and oxygen atoms in total. The number of hydrogen-bond acceptors (Lipinski definition) is 3. The molecule has 3 aromatic carbocycles. The minimum absolute atomic E-state index is 0.00995. The van der Waals surface area contributed by atoms with Crippen molar-refractivity contribution in [3.05, 3.63) is 83.6 Å². The largest absolute Gasteiger partial charge is 0.385 e. The molecule has 0 bridgehead atoms.